The summed E-state index contributed by atoms with van der Waals surface area (Å²) in [5.41, 5.74) is 1.21. The zero-order valence-electron chi connectivity index (χ0n) is 12.1. The van der Waals surface area contributed by atoms with E-state index in [4.69, 9.17) is 4.74 Å². The summed E-state index contributed by atoms with van der Waals surface area (Å²) in [5.74, 6) is 0. The van der Waals surface area contributed by atoms with E-state index in [0.717, 1.165) is 11.1 Å². The highest BCUT2D eigenvalue weighted by molar-refractivity contribution is 5.74. The van der Waals surface area contributed by atoms with Crippen molar-refractivity contribution in [2.45, 2.75) is 38.5 Å². The topological polar surface area (TPSA) is 72.7 Å². The van der Waals surface area contributed by atoms with Crippen LogP contribution in [-0.2, 0) is 4.74 Å². The fourth-order valence-electron chi connectivity index (χ4n) is 2.82. The third-order valence-corrected chi connectivity index (χ3v) is 3.60. The van der Waals surface area contributed by atoms with Crippen LogP contribution in [0.2, 0.25) is 0 Å². The second-order valence-electron chi connectivity index (χ2n) is 6.23. The van der Waals surface area contributed by atoms with Gasteiger partial charge in [-0.05, 0) is 38.0 Å². The first kappa shape index (κ1) is 13.6. The van der Waals surface area contributed by atoms with Crippen molar-refractivity contribution in [2.24, 2.45) is 0 Å². The number of nitrogens with zero attached hydrogens (tertiary/aromatic N) is 2. The molecule has 6 nitrogen and oxygen atoms in total. The Morgan fingerprint density at radius 3 is 2.43 bits per heavy atom. The summed E-state index contributed by atoms with van der Waals surface area (Å²) in [5, 5.41) is 10.9. The maximum atomic E-state index is 12.3. The third-order valence-electron chi connectivity index (χ3n) is 3.60. The van der Waals surface area contributed by atoms with Crippen LogP contribution < -0.4 is 0 Å². The number of carbonyl (C=O) groups is 1. The predicted molar refractivity (Wildman–Crippen MR) is 75.8 cm³/mol. The van der Waals surface area contributed by atoms with Crippen LogP contribution in [0.25, 0.3) is 0 Å². The molecule has 2 aliphatic rings. The fourth-order valence-corrected chi connectivity index (χ4v) is 2.82. The van der Waals surface area contributed by atoms with Gasteiger partial charge in [0.15, 0.2) is 0 Å². The second-order valence-corrected chi connectivity index (χ2v) is 6.23. The number of ether oxygens (including phenoxy) is 1. The van der Waals surface area contributed by atoms with Crippen molar-refractivity contribution in [2.75, 3.05) is 0 Å². The molecule has 0 aromatic heterocycles. The highest BCUT2D eigenvalue weighted by atomic mass is 16.6. The lowest BCUT2D eigenvalue weighted by atomic mass is 9.96. The van der Waals surface area contributed by atoms with Gasteiger partial charge in [-0.15, -0.1) is 0 Å². The first-order chi connectivity index (χ1) is 9.78. The monoisotopic (exact) mass is 288 g/mol. The lowest BCUT2D eigenvalue weighted by Crippen LogP contribution is -2.35. The van der Waals surface area contributed by atoms with Crippen LogP contribution >= 0.6 is 0 Å². The highest BCUT2D eigenvalue weighted by Crippen LogP contribution is 2.49. The molecule has 3 rings (SSSR count). The average Bonchev–Trinajstić information content (AvgIpc) is 2.92. The molecule has 2 aliphatic heterocycles. The summed E-state index contributed by atoms with van der Waals surface area (Å²) in [6, 6.07) is 4.26. The summed E-state index contributed by atoms with van der Waals surface area (Å²) in [6.45, 7) is 5.44. The normalized spacial score (nSPS) is 22.3. The number of carbonyl (C=O) groups excluding carboxylic acids is 1. The minimum absolute atomic E-state index is 0.0406. The fraction of sp³-hybridized carbons (Fsp3) is 0.400. The third kappa shape index (κ3) is 2.16. The quantitative estimate of drug-likeness (QED) is 0.450. The summed E-state index contributed by atoms with van der Waals surface area (Å²) in [6.07, 6.45) is 3.42. The minimum atomic E-state index is -0.572. The van der Waals surface area contributed by atoms with Crippen molar-refractivity contribution < 1.29 is 14.5 Å². The average molecular weight is 288 g/mol. The van der Waals surface area contributed by atoms with Gasteiger partial charge in [0.2, 0.25) is 0 Å². The van der Waals surface area contributed by atoms with Crippen LogP contribution in [0.15, 0.2) is 30.4 Å². The van der Waals surface area contributed by atoms with Crippen molar-refractivity contribution in [1.82, 2.24) is 4.90 Å². The lowest BCUT2D eigenvalue weighted by Gasteiger charge is -2.27. The van der Waals surface area contributed by atoms with Gasteiger partial charge in [0.1, 0.15) is 5.60 Å². The van der Waals surface area contributed by atoms with Crippen molar-refractivity contribution >= 4 is 11.8 Å². The summed E-state index contributed by atoms with van der Waals surface area (Å²) >= 11 is 0. The number of nitro benzene ring substituents is 1. The summed E-state index contributed by atoms with van der Waals surface area (Å²) in [7, 11) is 0. The molecule has 21 heavy (non-hydrogen) atoms. The van der Waals surface area contributed by atoms with Crippen LogP contribution in [0, 0.1) is 10.1 Å². The van der Waals surface area contributed by atoms with Gasteiger partial charge in [-0.25, -0.2) is 4.79 Å². The predicted octanol–water partition coefficient (Wildman–Crippen LogP) is 3.50. The Morgan fingerprint density at radius 2 is 1.86 bits per heavy atom. The number of benzene rings is 1. The molecular formula is C15H16N2O4. The SMILES string of the molecule is CC(C)(C)OC(=O)N1[C@@H]2C=C[C@H]1c1ccc([N+](=O)[O-])cc12. The van der Waals surface area contributed by atoms with E-state index in [0.29, 0.717) is 0 Å². The van der Waals surface area contributed by atoms with Gasteiger partial charge in [0.05, 0.1) is 17.0 Å². The molecule has 0 saturated carbocycles. The van der Waals surface area contributed by atoms with Crippen LogP contribution in [0.5, 0.6) is 0 Å². The van der Waals surface area contributed by atoms with Crippen molar-refractivity contribution in [3.05, 3.63) is 51.6 Å². The van der Waals surface area contributed by atoms with E-state index in [2.05, 4.69) is 0 Å². The van der Waals surface area contributed by atoms with Gasteiger partial charge in [-0.2, -0.15) is 0 Å². The molecular weight excluding hydrogens is 272 g/mol. The number of amides is 1. The van der Waals surface area contributed by atoms with Crippen LogP contribution in [0.1, 0.15) is 44.0 Å². The van der Waals surface area contributed by atoms with E-state index in [1.165, 1.54) is 6.07 Å². The van der Waals surface area contributed by atoms with E-state index in [1.807, 2.05) is 32.9 Å². The summed E-state index contributed by atoms with van der Waals surface area (Å²) < 4.78 is 5.42. The zero-order chi connectivity index (χ0) is 15.4. The number of nitro groups is 1. The second kappa shape index (κ2) is 4.31. The number of non-ortho nitro benzene ring substituents is 1. The maximum Gasteiger partial charge on any atom is 0.411 e. The Bertz CT molecular complexity index is 660. The van der Waals surface area contributed by atoms with Gasteiger partial charge in [-0.3, -0.25) is 15.0 Å². The molecule has 0 radical (unpaired) electrons. The molecule has 0 saturated heterocycles. The first-order valence-electron chi connectivity index (χ1n) is 6.76. The standard InChI is InChI=1S/C15H16N2O4/c1-15(2,3)21-14(18)16-12-6-7-13(16)11-8-9(17(19)20)4-5-10(11)12/h4-8,12-13H,1-3H3/t12-,13+/m0/s1. The van der Waals surface area contributed by atoms with Crippen molar-refractivity contribution in [1.29, 1.82) is 0 Å². The minimum Gasteiger partial charge on any atom is -0.444 e. The van der Waals surface area contributed by atoms with Gasteiger partial charge < -0.3 is 4.74 Å². The van der Waals surface area contributed by atoms with E-state index < -0.39 is 16.6 Å². The van der Waals surface area contributed by atoms with Crippen molar-refractivity contribution in [3.63, 3.8) is 0 Å². The molecule has 1 aromatic rings. The molecule has 1 aromatic carbocycles. The van der Waals surface area contributed by atoms with Crippen molar-refractivity contribution in [3.8, 4) is 0 Å². The Kier molecular flexibility index (Phi) is 2.79. The maximum absolute atomic E-state index is 12.3. The number of hydrogen-bond donors (Lipinski definition) is 0. The molecule has 1 amide bonds. The lowest BCUT2D eigenvalue weighted by molar-refractivity contribution is -0.384. The zero-order valence-corrected chi connectivity index (χ0v) is 12.1. The van der Waals surface area contributed by atoms with Gasteiger partial charge in [0, 0.05) is 12.1 Å². The Hall–Kier alpha value is -2.37. The van der Waals surface area contributed by atoms with E-state index >= 15 is 0 Å². The van der Waals surface area contributed by atoms with Gasteiger partial charge in [-0.1, -0.05) is 12.2 Å². The molecule has 0 N–H and O–H groups in total. The molecule has 0 aliphatic carbocycles. The molecule has 2 heterocycles. The number of rotatable bonds is 1. The van der Waals surface area contributed by atoms with E-state index in [9.17, 15) is 14.9 Å². The molecule has 2 atom stereocenters. The van der Waals surface area contributed by atoms with Crippen LogP contribution in [0.4, 0.5) is 10.5 Å². The molecule has 0 fully saturated rings. The van der Waals surface area contributed by atoms with Gasteiger partial charge >= 0.3 is 6.09 Å². The van der Waals surface area contributed by atoms with Crippen LogP contribution in [0.3, 0.4) is 0 Å². The largest absolute Gasteiger partial charge is 0.444 e. The Labute approximate surface area is 122 Å². The molecule has 6 heteroatoms. The first-order valence-corrected chi connectivity index (χ1v) is 6.76. The molecule has 110 valence electrons. The number of hydrogen-bond acceptors (Lipinski definition) is 4. The Morgan fingerprint density at radius 1 is 1.24 bits per heavy atom. The number of fused-ring (bicyclic) bond motifs is 5. The molecule has 0 spiro atoms. The molecule has 0 unspecified atom stereocenters. The smallest absolute Gasteiger partial charge is 0.411 e. The Balaban J connectivity index is 1.93. The van der Waals surface area contributed by atoms with E-state index in [-0.39, 0.29) is 17.8 Å². The summed E-state index contributed by atoms with van der Waals surface area (Å²) in [4.78, 5) is 24.4. The molecule has 2 bridgehead atoms. The van der Waals surface area contributed by atoms with E-state index in [1.54, 1.807) is 17.0 Å². The highest BCUT2D eigenvalue weighted by Gasteiger charge is 2.45. The van der Waals surface area contributed by atoms with Crippen LogP contribution in [-0.4, -0.2) is 21.5 Å². The van der Waals surface area contributed by atoms with Gasteiger partial charge in [0.25, 0.3) is 5.69 Å².